The molecular formula is C26H42N4O4. The molecule has 2 rings (SSSR count). The van der Waals surface area contributed by atoms with Crippen molar-refractivity contribution in [3.8, 4) is 0 Å². The third-order valence-electron chi connectivity index (χ3n) is 6.19. The Kier molecular flexibility index (Phi) is 9.91. The molecule has 0 aliphatic carbocycles. The number of unbranched alkanes of at least 4 members (excludes halogenated alkanes) is 1. The summed E-state index contributed by atoms with van der Waals surface area (Å²) >= 11 is 0. The van der Waals surface area contributed by atoms with Gasteiger partial charge in [-0.05, 0) is 51.2 Å². The number of hydrogen-bond acceptors (Lipinski definition) is 5. The van der Waals surface area contributed by atoms with Gasteiger partial charge in [-0.15, -0.1) is 0 Å². The Morgan fingerprint density at radius 3 is 2.21 bits per heavy atom. The van der Waals surface area contributed by atoms with Crippen molar-refractivity contribution < 1.29 is 19.1 Å². The van der Waals surface area contributed by atoms with Gasteiger partial charge in [0.15, 0.2) is 0 Å². The molecule has 0 bridgehead atoms. The molecule has 0 saturated carbocycles. The van der Waals surface area contributed by atoms with Crippen molar-refractivity contribution in [1.82, 2.24) is 15.5 Å². The fourth-order valence-electron chi connectivity index (χ4n) is 4.21. The lowest BCUT2D eigenvalue weighted by Crippen LogP contribution is -2.62. The van der Waals surface area contributed by atoms with Gasteiger partial charge >= 0.3 is 6.09 Å². The molecule has 0 aromatic heterocycles. The van der Waals surface area contributed by atoms with Crippen molar-refractivity contribution >= 4 is 17.9 Å². The third kappa shape index (κ3) is 8.31. The van der Waals surface area contributed by atoms with E-state index in [1.165, 1.54) is 6.92 Å². The summed E-state index contributed by atoms with van der Waals surface area (Å²) in [5.74, 6) is -0.393. The molecule has 1 heterocycles. The molecule has 34 heavy (non-hydrogen) atoms. The van der Waals surface area contributed by atoms with Gasteiger partial charge in [0.25, 0.3) is 0 Å². The summed E-state index contributed by atoms with van der Waals surface area (Å²) in [6, 6.07) is 7.74. The van der Waals surface area contributed by atoms with Gasteiger partial charge in [0.05, 0.1) is 5.54 Å². The van der Waals surface area contributed by atoms with Crippen molar-refractivity contribution in [2.45, 2.75) is 91.0 Å². The molecular weight excluding hydrogens is 432 g/mol. The molecule has 190 valence electrons. The van der Waals surface area contributed by atoms with Gasteiger partial charge in [0.2, 0.25) is 11.8 Å². The molecule has 3 amide bonds. The van der Waals surface area contributed by atoms with E-state index >= 15 is 0 Å². The summed E-state index contributed by atoms with van der Waals surface area (Å²) in [6.07, 6.45) is 3.57. The topological polar surface area (TPSA) is 114 Å². The Bertz CT molecular complexity index is 834. The first kappa shape index (κ1) is 27.6. The van der Waals surface area contributed by atoms with Gasteiger partial charge in [0.1, 0.15) is 5.60 Å². The molecule has 0 radical (unpaired) electrons. The number of likely N-dealkylation sites (tertiary alicyclic amines) is 1. The number of benzene rings is 1. The molecule has 8 nitrogen and oxygen atoms in total. The number of carbonyl (C=O) groups excluding carboxylic acids is 3. The Labute approximate surface area is 204 Å². The minimum absolute atomic E-state index is 0.0735. The molecule has 8 heteroatoms. The number of piperidine rings is 1. The molecule has 1 aromatic rings. The second-order valence-electron chi connectivity index (χ2n) is 10.3. The fraction of sp³-hybridized carbons (Fsp3) is 0.654. The van der Waals surface area contributed by atoms with Crippen molar-refractivity contribution in [2.75, 3.05) is 13.1 Å². The van der Waals surface area contributed by atoms with Crippen LogP contribution in [0.25, 0.3) is 0 Å². The van der Waals surface area contributed by atoms with Crippen LogP contribution in [-0.2, 0) is 27.4 Å². The van der Waals surface area contributed by atoms with Crippen LogP contribution >= 0.6 is 0 Å². The van der Waals surface area contributed by atoms with Crippen LogP contribution in [0.15, 0.2) is 24.3 Å². The number of hydrogen-bond donors (Lipinski definition) is 3. The van der Waals surface area contributed by atoms with E-state index in [2.05, 4.69) is 17.6 Å². The van der Waals surface area contributed by atoms with Crippen LogP contribution in [0.1, 0.15) is 77.8 Å². The fourth-order valence-corrected chi connectivity index (χ4v) is 4.21. The van der Waals surface area contributed by atoms with E-state index in [-0.39, 0.29) is 23.8 Å². The van der Waals surface area contributed by atoms with Crippen molar-refractivity contribution in [1.29, 1.82) is 0 Å². The molecule has 1 aliphatic heterocycles. The van der Waals surface area contributed by atoms with E-state index in [1.807, 2.05) is 45.0 Å². The Morgan fingerprint density at radius 1 is 1.09 bits per heavy atom. The lowest BCUT2D eigenvalue weighted by molar-refractivity contribution is -0.130. The summed E-state index contributed by atoms with van der Waals surface area (Å²) < 4.78 is 5.55. The number of rotatable bonds is 9. The summed E-state index contributed by atoms with van der Waals surface area (Å²) in [5.41, 5.74) is 7.14. The molecule has 1 fully saturated rings. The highest BCUT2D eigenvalue weighted by atomic mass is 16.6. The number of amides is 3. The predicted octanol–water partition coefficient (Wildman–Crippen LogP) is 3.47. The van der Waals surface area contributed by atoms with Gasteiger partial charge in [-0.3, -0.25) is 9.59 Å². The van der Waals surface area contributed by atoms with Gasteiger partial charge in [-0.1, -0.05) is 44.0 Å². The highest BCUT2D eigenvalue weighted by molar-refractivity contribution is 5.86. The molecule has 1 aromatic carbocycles. The SMILES string of the molecule is CCCCC(N)(C(=O)NCc1ccc(CNC(C)=O)cc1)C1CCCN(C(=O)OC(C)(C)C)C1. The Hall–Kier alpha value is -2.61. The number of nitrogens with zero attached hydrogens (tertiary/aromatic N) is 1. The van der Waals surface area contributed by atoms with Gasteiger partial charge in [-0.2, -0.15) is 0 Å². The van der Waals surface area contributed by atoms with E-state index in [0.717, 1.165) is 36.8 Å². The first-order chi connectivity index (χ1) is 15.9. The van der Waals surface area contributed by atoms with Crippen LogP contribution < -0.4 is 16.4 Å². The zero-order valence-electron chi connectivity index (χ0n) is 21.4. The van der Waals surface area contributed by atoms with Crippen LogP contribution in [0.4, 0.5) is 4.79 Å². The number of nitrogens with one attached hydrogen (secondary N) is 2. The molecule has 1 saturated heterocycles. The molecule has 2 atom stereocenters. The zero-order chi connectivity index (χ0) is 25.4. The summed E-state index contributed by atoms with van der Waals surface area (Å²) in [4.78, 5) is 38.8. The lowest BCUT2D eigenvalue weighted by Gasteiger charge is -2.42. The normalized spacial score (nSPS) is 18.1. The first-order valence-corrected chi connectivity index (χ1v) is 12.3. The molecule has 2 unspecified atom stereocenters. The Morgan fingerprint density at radius 2 is 1.68 bits per heavy atom. The average molecular weight is 475 g/mol. The van der Waals surface area contributed by atoms with Gasteiger partial charge in [0, 0.05) is 39.0 Å². The highest BCUT2D eigenvalue weighted by Crippen LogP contribution is 2.31. The van der Waals surface area contributed by atoms with E-state index in [9.17, 15) is 14.4 Å². The average Bonchev–Trinajstić information content (AvgIpc) is 2.79. The molecule has 0 spiro atoms. The number of ether oxygens (including phenoxy) is 1. The van der Waals surface area contributed by atoms with E-state index in [0.29, 0.717) is 32.6 Å². The summed E-state index contributed by atoms with van der Waals surface area (Å²) in [6.45, 7) is 11.0. The number of nitrogens with two attached hydrogens (primary N) is 1. The largest absolute Gasteiger partial charge is 0.444 e. The third-order valence-corrected chi connectivity index (χ3v) is 6.19. The maximum Gasteiger partial charge on any atom is 0.410 e. The highest BCUT2D eigenvalue weighted by Gasteiger charge is 2.44. The van der Waals surface area contributed by atoms with Gasteiger partial charge < -0.3 is 26.0 Å². The first-order valence-electron chi connectivity index (χ1n) is 12.3. The van der Waals surface area contributed by atoms with Gasteiger partial charge in [-0.25, -0.2) is 4.79 Å². The van der Waals surface area contributed by atoms with Crippen LogP contribution in [0.2, 0.25) is 0 Å². The summed E-state index contributed by atoms with van der Waals surface area (Å²) in [5, 5.41) is 5.80. The van der Waals surface area contributed by atoms with Crippen LogP contribution in [0.5, 0.6) is 0 Å². The van der Waals surface area contributed by atoms with Crippen LogP contribution in [0, 0.1) is 5.92 Å². The quantitative estimate of drug-likeness (QED) is 0.507. The second kappa shape index (κ2) is 12.2. The maximum atomic E-state index is 13.4. The molecule has 4 N–H and O–H groups in total. The van der Waals surface area contributed by atoms with Crippen molar-refractivity contribution in [2.24, 2.45) is 11.7 Å². The number of carbonyl (C=O) groups is 3. The Balaban J connectivity index is 2.05. The van der Waals surface area contributed by atoms with Crippen LogP contribution in [0.3, 0.4) is 0 Å². The lowest BCUT2D eigenvalue weighted by atomic mass is 9.75. The summed E-state index contributed by atoms with van der Waals surface area (Å²) in [7, 11) is 0. The maximum absolute atomic E-state index is 13.4. The monoisotopic (exact) mass is 474 g/mol. The van der Waals surface area contributed by atoms with E-state index < -0.39 is 11.1 Å². The minimum Gasteiger partial charge on any atom is -0.444 e. The van der Waals surface area contributed by atoms with E-state index in [4.69, 9.17) is 10.5 Å². The van der Waals surface area contributed by atoms with Crippen molar-refractivity contribution in [3.63, 3.8) is 0 Å². The smallest absolute Gasteiger partial charge is 0.410 e. The minimum atomic E-state index is -1.05. The van der Waals surface area contributed by atoms with E-state index in [1.54, 1.807) is 4.90 Å². The van der Waals surface area contributed by atoms with Crippen LogP contribution in [-0.4, -0.2) is 47.0 Å². The molecule has 1 aliphatic rings. The predicted molar refractivity (Wildman–Crippen MR) is 133 cm³/mol. The second-order valence-corrected chi connectivity index (χ2v) is 10.3. The zero-order valence-corrected chi connectivity index (χ0v) is 21.4. The standard InChI is InChI=1S/C26H42N4O4/c1-6-7-14-26(27,22-9-8-15-30(18-22)24(33)34-25(3,4)5)23(32)29-17-21-12-10-20(11-13-21)16-28-19(2)31/h10-13,22H,6-9,14-18,27H2,1-5H3,(H,28,31)(H,29,32). The van der Waals surface area contributed by atoms with Crippen molar-refractivity contribution in [3.05, 3.63) is 35.4 Å².